The van der Waals surface area contributed by atoms with Crippen LogP contribution in [0.2, 0.25) is 0 Å². The van der Waals surface area contributed by atoms with Crippen LogP contribution in [-0.2, 0) is 6.61 Å². The Balaban J connectivity index is 2.77. The third-order valence-electron chi connectivity index (χ3n) is 2.03. The molecule has 4 nitrogen and oxygen atoms in total. The summed E-state index contributed by atoms with van der Waals surface area (Å²) in [6.07, 6.45) is 1.65. The van der Waals surface area contributed by atoms with Gasteiger partial charge in [0.25, 0.3) is 0 Å². The van der Waals surface area contributed by atoms with E-state index in [1.54, 1.807) is 20.0 Å². The van der Waals surface area contributed by atoms with Crippen LogP contribution in [0.3, 0.4) is 0 Å². The number of aliphatic hydroxyl groups is 2. The molecule has 0 aliphatic heterocycles. The molecule has 0 aliphatic carbocycles. The van der Waals surface area contributed by atoms with E-state index in [1.807, 2.05) is 24.1 Å². The summed E-state index contributed by atoms with van der Waals surface area (Å²) in [6, 6.07) is 3.66. The van der Waals surface area contributed by atoms with Gasteiger partial charge in [-0.1, -0.05) is 0 Å². The first-order valence-corrected chi connectivity index (χ1v) is 4.92. The highest BCUT2D eigenvalue weighted by Crippen LogP contribution is 2.15. The Bertz CT molecular complexity index is 321. The highest BCUT2D eigenvalue weighted by atomic mass is 16.3. The van der Waals surface area contributed by atoms with Gasteiger partial charge < -0.3 is 15.1 Å². The van der Waals surface area contributed by atoms with Crippen molar-refractivity contribution in [2.24, 2.45) is 0 Å². The maximum Gasteiger partial charge on any atom is 0.0853 e. The Labute approximate surface area is 90.2 Å². The van der Waals surface area contributed by atoms with Gasteiger partial charge >= 0.3 is 0 Å². The fourth-order valence-corrected chi connectivity index (χ4v) is 1.46. The van der Waals surface area contributed by atoms with E-state index < -0.39 is 5.60 Å². The minimum Gasteiger partial charge on any atom is -0.390 e. The summed E-state index contributed by atoms with van der Waals surface area (Å²) in [7, 11) is 1.90. The van der Waals surface area contributed by atoms with Crippen molar-refractivity contribution in [3.63, 3.8) is 0 Å². The van der Waals surface area contributed by atoms with Crippen LogP contribution in [0.1, 0.15) is 19.5 Å². The molecule has 0 atom stereocenters. The van der Waals surface area contributed by atoms with Gasteiger partial charge in [-0.2, -0.15) is 0 Å². The average molecular weight is 210 g/mol. The van der Waals surface area contributed by atoms with Crippen LogP contribution in [0.25, 0.3) is 0 Å². The Morgan fingerprint density at radius 3 is 2.67 bits per heavy atom. The first-order valence-electron chi connectivity index (χ1n) is 4.92. The Hall–Kier alpha value is -1.13. The molecule has 0 saturated carbocycles. The molecule has 4 heteroatoms. The second-order valence-corrected chi connectivity index (χ2v) is 4.33. The van der Waals surface area contributed by atoms with E-state index in [1.165, 1.54) is 0 Å². The molecule has 15 heavy (non-hydrogen) atoms. The van der Waals surface area contributed by atoms with Gasteiger partial charge in [0, 0.05) is 25.5 Å². The summed E-state index contributed by atoms with van der Waals surface area (Å²) in [5, 5.41) is 18.6. The molecule has 0 saturated heterocycles. The quantitative estimate of drug-likeness (QED) is 0.771. The van der Waals surface area contributed by atoms with Gasteiger partial charge in [-0.25, -0.2) is 0 Å². The van der Waals surface area contributed by atoms with Crippen molar-refractivity contribution in [2.75, 3.05) is 18.5 Å². The SMILES string of the molecule is CN(CC(C)(C)O)c1ccnc(CO)c1. The minimum absolute atomic E-state index is 0.0653. The van der Waals surface area contributed by atoms with E-state index >= 15 is 0 Å². The summed E-state index contributed by atoms with van der Waals surface area (Å²) in [4.78, 5) is 5.93. The maximum absolute atomic E-state index is 9.67. The summed E-state index contributed by atoms with van der Waals surface area (Å²) in [5.41, 5.74) is 0.837. The zero-order valence-corrected chi connectivity index (χ0v) is 9.44. The van der Waals surface area contributed by atoms with Crippen LogP contribution in [0.4, 0.5) is 5.69 Å². The molecule has 0 radical (unpaired) electrons. The van der Waals surface area contributed by atoms with Gasteiger partial charge in [-0.3, -0.25) is 4.98 Å². The Morgan fingerprint density at radius 2 is 2.13 bits per heavy atom. The lowest BCUT2D eigenvalue weighted by Gasteiger charge is -2.27. The van der Waals surface area contributed by atoms with E-state index in [4.69, 9.17) is 5.11 Å². The van der Waals surface area contributed by atoms with E-state index in [-0.39, 0.29) is 6.61 Å². The van der Waals surface area contributed by atoms with E-state index in [0.717, 1.165) is 5.69 Å². The lowest BCUT2D eigenvalue weighted by Crippen LogP contribution is -2.36. The van der Waals surface area contributed by atoms with Crippen LogP contribution in [0.5, 0.6) is 0 Å². The fourth-order valence-electron chi connectivity index (χ4n) is 1.46. The van der Waals surface area contributed by atoms with Crippen molar-refractivity contribution >= 4 is 5.69 Å². The number of aliphatic hydroxyl groups excluding tert-OH is 1. The number of pyridine rings is 1. The van der Waals surface area contributed by atoms with Crippen molar-refractivity contribution in [3.05, 3.63) is 24.0 Å². The number of aromatic nitrogens is 1. The zero-order chi connectivity index (χ0) is 11.5. The molecule has 0 bridgehead atoms. The molecule has 84 valence electrons. The molecule has 0 amide bonds. The predicted octanol–water partition coefficient (Wildman–Crippen LogP) is 0.781. The third kappa shape index (κ3) is 3.85. The van der Waals surface area contributed by atoms with Gasteiger partial charge in [0.15, 0.2) is 0 Å². The van der Waals surface area contributed by atoms with Crippen molar-refractivity contribution in [1.82, 2.24) is 4.98 Å². The van der Waals surface area contributed by atoms with Crippen LogP contribution in [-0.4, -0.2) is 34.4 Å². The molecule has 0 spiro atoms. The molecule has 1 aromatic rings. The smallest absolute Gasteiger partial charge is 0.0853 e. The van der Waals surface area contributed by atoms with Gasteiger partial charge in [0.2, 0.25) is 0 Å². The van der Waals surface area contributed by atoms with Crippen molar-refractivity contribution in [3.8, 4) is 0 Å². The predicted molar refractivity (Wildman–Crippen MR) is 59.7 cm³/mol. The van der Waals surface area contributed by atoms with Gasteiger partial charge in [-0.15, -0.1) is 0 Å². The lowest BCUT2D eigenvalue weighted by molar-refractivity contribution is 0.0886. The molecule has 1 rings (SSSR count). The van der Waals surface area contributed by atoms with Crippen LogP contribution in [0, 0.1) is 0 Å². The minimum atomic E-state index is -0.739. The summed E-state index contributed by atoms with van der Waals surface area (Å²) >= 11 is 0. The highest BCUT2D eigenvalue weighted by Gasteiger charge is 2.16. The summed E-state index contributed by atoms with van der Waals surface area (Å²) in [6.45, 7) is 3.99. The normalized spacial score (nSPS) is 11.5. The van der Waals surface area contributed by atoms with Crippen LogP contribution in [0.15, 0.2) is 18.3 Å². The molecule has 0 fully saturated rings. The van der Waals surface area contributed by atoms with E-state index in [2.05, 4.69) is 4.98 Å². The standard InChI is InChI=1S/C11H18N2O2/c1-11(2,15)8-13(3)10-4-5-12-9(6-10)7-14/h4-6,14-15H,7-8H2,1-3H3. The third-order valence-corrected chi connectivity index (χ3v) is 2.03. The first-order chi connectivity index (χ1) is 6.92. The maximum atomic E-state index is 9.67. The Kier molecular flexibility index (Phi) is 3.66. The molecule has 0 aliphatic rings. The van der Waals surface area contributed by atoms with Crippen LogP contribution < -0.4 is 4.90 Å². The molecular formula is C11H18N2O2. The molecular weight excluding hydrogens is 192 g/mol. The number of hydrogen-bond acceptors (Lipinski definition) is 4. The number of anilines is 1. The molecule has 0 aromatic carbocycles. The summed E-state index contributed by atoms with van der Waals surface area (Å²) in [5.74, 6) is 0. The first kappa shape index (κ1) is 11.9. The average Bonchev–Trinajstić information content (AvgIpc) is 2.15. The lowest BCUT2D eigenvalue weighted by atomic mass is 10.1. The van der Waals surface area contributed by atoms with Gasteiger partial charge in [0.1, 0.15) is 0 Å². The van der Waals surface area contributed by atoms with Crippen LogP contribution >= 0.6 is 0 Å². The zero-order valence-electron chi connectivity index (χ0n) is 9.44. The van der Waals surface area contributed by atoms with Gasteiger partial charge in [-0.05, 0) is 26.0 Å². The fraction of sp³-hybridized carbons (Fsp3) is 0.545. The second kappa shape index (κ2) is 4.59. The largest absolute Gasteiger partial charge is 0.390 e. The number of nitrogens with zero attached hydrogens (tertiary/aromatic N) is 2. The number of hydrogen-bond donors (Lipinski definition) is 2. The Morgan fingerprint density at radius 1 is 1.47 bits per heavy atom. The highest BCUT2D eigenvalue weighted by molar-refractivity contribution is 5.45. The number of likely N-dealkylation sites (N-methyl/N-ethyl adjacent to an activating group) is 1. The topological polar surface area (TPSA) is 56.6 Å². The van der Waals surface area contributed by atoms with Crippen molar-refractivity contribution in [1.29, 1.82) is 0 Å². The van der Waals surface area contributed by atoms with Crippen molar-refractivity contribution < 1.29 is 10.2 Å². The van der Waals surface area contributed by atoms with Crippen molar-refractivity contribution in [2.45, 2.75) is 26.1 Å². The monoisotopic (exact) mass is 210 g/mol. The molecule has 0 unspecified atom stereocenters. The molecule has 1 heterocycles. The van der Waals surface area contributed by atoms with E-state index in [0.29, 0.717) is 12.2 Å². The number of rotatable bonds is 4. The van der Waals surface area contributed by atoms with Gasteiger partial charge in [0.05, 0.1) is 17.9 Å². The second-order valence-electron chi connectivity index (χ2n) is 4.33. The summed E-state index contributed by atoms with van der Waals surface area (Å²) < 4.78 is 0. The molecule has 2 N–H and O–H groups in total. The van der Waals surface area contributed by atoms with E-state index in [9.17, 15) is 5.11 Å². The molecule has 1 aromatic heterocycles.